The zero-order chi connectivity index (χ0) is 18.9. The van der Waals surface area contributed by atoms with Crippen LogP contribution in [0.25, 0.3) is 0 Å². The van der Waals surface area contributed by atoms with Gasteiger partial charge in [-0.05, 0) is 55.4 Å². The van der Waals surface area contributed by atoms with Gasteiger partial charge in [0.15, 0.2) is 0 Å². The van der Waals surface area contributed by atoms with Gasteiger partial charge in [0.25, 0.3) is 5.91 Å². The number of hydrogen-bond donors (Lipinski definition) is 0. The summed E-state index contributed by atoms with van der Waals surface area (Å²) in [6, 6.07) is 13.5. The van der Waals surface area contributed by atoms with E-state index >= 15 is 0 Å². The summed E-state index contributed by atoms with van der Waals surface area (Å²) in [6.07, 6.45) is 5.77. The molecule has 2 saturated heterocycles. The molecule has 1 atom stereocenters. The Labute approximate surface area is 171 Å². The van der Waals surface area contributed by atoms with E-state index in [4.69, 9.17) is 4.74 Å². The first-order valence-corrected chi connectivity index (χ1v) is 11.4. The Bertz CT molecular complexity index is 818. The van der Waals surface area contributed by atoms with E-state index in [-0.39, 0.29) is 12.0 Å². The number of carbonyl (C=O) groups is 1. The Morgan fingerprint density at radius 1 is 0.964 bits per heavy atom. The van der Waals surface area contributed by atoms with Gasteiger partial charge in [-0.2, -0.15) is 0 Å². The van der Waals surface area contributed by atoms with E-state index in [2.05, 4.69) is 40.1 Å². The molecule has 0 radical (unpaired) electrons. The van der Waals surface area contributed by atoms with Crippen LogP contribution in [0.3, 0.4) is 0 Å². The van der Waals surface area contributed by atoms with E-state index in [1.165, 1.54) is 16.0 Å². The lowest BCUT2D eigenvalue weighted by Crippen LogP contribution is -2.40. The van der Waals surface area contributed by atoms with E-state index < -0.39 is 0 Å². The Morgan fingerprint density at radius 2 is 1.79 bits per heavy atom. The number of thiophene rings is 1. The minimum absolute atomic E-state index is 0.200. The Balaban J connectivity index is 1.21. The molecule has 0 bridgehead atoms. The van der Waals surface area contributed by atoms with Gasteiger partial charge in [-0.1, -0.05) is 24.3 Å². The van der Waals surface area contributed by atoms with Crippen LogP contribution in [-0.2, 0) is 17.6 Å². The number of carbonyl (C=O) groups excluding carboxylic acids is 1. The highest BCUT2D eigenvalue weighted by atomic mass is 32.1. The quantitative estimate of drug-likeness (QED) is 0.788. The molecule has 1 aromatic heterocycles. The van der Waals surface area contributed by atoms with Gasteiger partial charge in [0.2, 0.25) is 0 Å². The molecule has 2 aliphatic heterocycles. The van der Waals surface area contributed by atoms with E-state index in [9.17, 15) is 4.79 Å². The fourth-order valence-electron chi connectivity index (χ4n) is 4.90. The van der Waals surface area contributed by atoms with Crippen molar-refractivity contribution in [3.05, 3.63) is 57.3 Å². The lowest BCUT2D eigenvalue weighted by atomic mass is 10.1. The molecule has 1 amide bonds. The summed E-state index contributed by atoms with van der Waals surface area (Å²) in [5.74, 6) is 0.200. The molecule has 2 aromatic rings. The first-order chi connectivity index (χ1) is 13.8. The third-order valence-electron chi connectivity index (χ3n) is 6.45. The summed E-state index contributed by atoms with van der Waals surface area (Å²) >= 11 is 1.63. The monoisotopic (exact) mass is 396 g/mol. The fourth-order valence-corrected chi connectivity index (χ4v) is 5.96. The number of hydrogen-bond acceptors (Lipinski definition) is 4. The average molecular weight is 397 g/mol. The minimum Gasteiger partial charge on any atom is -0.373 e. The molecule has 4 nitrogen and oxygen atoms in total. The summed E-state index contributed by atoms with van der Waals surface area (Å²) in [5, 5.41) is 0. The molecule has 1 aromatic carbocycles. The number of ether oxygens (including phenoxy) is 1. The SMILES string of the molecule is O=C(c1ccc(C2CCCO2)s1)N1CCCN(C2Cc3ccccc3C2)CC1. The molecule has 148 valence electrons. The Morgan fingerprint density at radius 3 is 2.54 bits per heavy atom. The molecule has 3 aliphatic rings. The normalized spacial score (nSPS) is 23.7. The maximum atomic E-state index is 13.1. The molecular weight excluding hydrogens is 368 g/mol. The standard InChI is InChI=1S/C23H28N2O2S/c26-23(22-9-8-21(28-22)20-7-3-14-27-20)25-11-4-10-24(12-13-25)19-15-17-5-1-2-6-18(17)16-19/h1-2,5-6,8-9,19-20H,3-4,7,10-16H2. The van der Waals surface area contributed by atoms with Gasteiger partial charge in [-0.25, -0.2) is 0 Å². The second kappa shape index (κ2) is 7.97. The van der Waals surface area contributed by atoms with Crippen molar-refractivity contribution >= 4 is 17.2 Å². The van der Waals surface area contributed by atoms with E-state index in [0.717, 1.165) is 69.8 Å². The molecule has 0 spiro atoms. The van der Waals surface area contributed by atoms with Crippen LogP contribution in [0.1, 0.15) is 51.0 Å². The maximum Gasteiger partial charge on any atom is 0.263 e. The number of fused-ring (bicyclic) bond motifs is 1. The van der Waals surface area contributed by atoms with Crippen LogP contribution < -0.4 is 0 Å². The summed E-state index contributed by atoms with van der Waals surface area (Å²) in [5.41, 5.74) is 3.01. The van der Waals surface area contributed by atoms with Crippen molar-refractivity contribution in [3.8, 4) is 0 Å². The Kier molecular flexibility index (Phi) is 5.22. The maximum absolute atomic E-state index is 13.1. The van der Waals surface area contributed by atoms with Crippen LogP contribution >= 0.6 is 11.3 Å². The first-order valence-electron chi connectivity index (χ1n) is 10.6. The van der Waals surface area contributed by atoms with E-state index in [1.807, 2.05) is 6.07 Å². The molecule has 3 heterocycles. The summed E-state index contributed by atoms with van der Waals surface area (Å²) in [4.78, 5) is 19.8. The highest BCUT2D eigenvalue weighted by Crippen LogP contribution is 2.34. The zero-order valence-corrected chi connectivity index (χ0v) is 17.1. The molecule has 2 fully saturated rings. The topological polar surface area (TPSA) is 32.8 Å². The molecular formula is C23H28N2O2S. The van der Waals surface area contributed by atoms with Gasteiger partial charge >= 0.3 is 0 Å². The largest absolute Gasteiger partial charge is 0.373 e. The molecule has 5 rings (SSSR count). The average Bonchev–Trinajstić information content (AvgIpc) is 3.44. The second-order valence-corrected chi connectivity index (χ2v) is 9.33. The van der Waals surface area contributed by atoms with Gasteiger partial charge < -0.3 is 9.64 Å². The highest BCUT2D eigenvalue weighted by molar-refractivity contribution is 7.14. The first kappa shape index (κ1) is 18.3. The van der Waals surface area contributed by atoms with Crippen molar-refractivity contribution in [2.75, 3.05) is 32.8 Å². The Hall–Kier alpha value is -1.69. The molecule has 0 N–H and O–H groups in total. The van der Waals surface area contributed by atoms with Crippen molar-refractivity contribution in [1.82, 2.24) is 9.80 Å². The summed E-state index contributed by atoms with van der Waals surface area (Å²) in [6.45, 7) is 4.61. The smallest absolute Gasteiger partial charge is 0.263 e. The lowest BCUT2D eigenvalue weighted by molar-refractivity contribution is 0.0763. The third kappa shape index (κ3) is 3.63. The molecule has 1 aliphatic carbocycles. The summed E-state index contributed by atoms with van der Waals surface area (Å²) < 4.78 is 5.77. The molecule has 1 unspecified atom stereocenters. The van der Waals surface area contributed by atoms with E-state index in [0.29, 0.717) is 6.04 Å². The number of rotatable bonds is 3. The number of benzene rings is 1. The van der Waals surface area contributed by atoms with Crippen LogP contribution in [-0.4, -0.2) is 54.5 Å². The third-order valence-corrected chi connectivity index (χ3v) is 7.61. The van der Waals surface area contributed by atoms with Crippen molar-refractivity contribution in [2.24, 2.45) is 0 Å². The van der Waals surface area contributed by atoms with Crippen molar-refractivity contribution in [2.45, 2.75) is 44.2 Å². The molecule has 5 heteroatoms. The van der Waals surface area contributed by atoms with Crippen LogP contribution in [0, 0.1) is 0 Å². The van der Waals surface area contributed by atoms with Crippen LogP contribution in [0.2, 0.25) is 0 Å². The van der Waals surface area contributed by atoms with Crippen molar-refractivity contribution in [3.63, 3.8) is 0 Å². The lowest BCUT2D eigenvalue weighted by Gasteiger charge is -2.27. The second-order valence-electron chi connectivity index (χ2n) is 8.22. The van der Waals surface area contributed by atoms with Crippen LogP contribution in [0.5, 0.6) is 0 Å². The van der Waals surface area contributed by atoms with Crippen LogP contribution in [0.4, 0.5) is 0 Å². The van der Waals surface area contributed by atoms with Gasteiger partial charge in [0.05, 0.1) is 11.0 Å². The zero-order valence-electron chi connectivity index (χ0n) is 16.3. The van der Waals surface area contributed by atoms with Gasteiger partial charge in [-0.15, -0.1) is 11.3 Å². The predicted octanol–water partition coefficient (Wildman–Crippen LogP) is 3.91. The highest BCUT2D eigenvalue weighted by Gasteiger charge is 2.29. The van der Waals surface area contributed by atoms with Crippen molar-refractivity contribution in [1.29, 1.82) is 0 Å². The minimum atomic E-state index is 0.200. The molecule has 0 saturated carbocycles. The predicted molar refractivity (Wildman–Crippen MR) is 112 cm³/mol. The van der Waals surface area contributed by atoms with Crippen LogP contribution in [0.15, 0.2) is 36.4 Å². The summed E-state index contributed by atoms with van der Waals surface area (Å²) in [7, 11) is 0. The number of amides is 1. The number of nitrogens with zero attached hydrogens (tertiary/aromatic N) is 2. The van der Waals surface area contributed by atoms with Crippen molar-refractivity contribution < 1.29 is 9.53 Å². The molecule has 28 heavy (non-hydrogen) atoms. The van der Waals surface area contributed by atoms with Gasteiger partial charge in [-0.3, -0.25) is 9.69 Å². The van der Waals surface area contributed by atoms with E-state index in [1.54, 1.807) is 11.3 Å². The fraction of sp³-hybridized carbons (Fsp3) is 0.522. The van der Waals surface area contributed by atoms with Gasteiger partial charge in [0.1, 0.15) is 0 Å². The van der Waals surface area contributed by atoms with Gasteiger partial charge in [0, 0.05) is 43.7 Å².